The molecule has 0 aliphatic heterocycles. The van der Waals surface area contributed by atoms with Crippen LogP contribution in [0.1, 0.15) is 24.4 Å². The fourth-order valence-electron chi connectivity index (χ4n) is 1.74. The number of halogens is 1. The highest BCUT2D eigenvalue weighted by molar-refractivity contribution is 5.36. The van der Waals surface area contributed by atoms with Crippen molar-refractivity contribution < 1.29 is 9.13 Å². The molecule has 1 unspecified atom stereocenters. The molecule has 0 aliphatic rings. The summed E-state index contributed by atoms with van der Waals surface area (Å²) >= 11 is 0. The van der Waals surface area contributed by atoms with Crippen molar-refractivity contribution in [2.45, 2.75) is 19.6 Å². The van der Waals surface area contributed by atoms with Crippen LogP contribution in [0.4, 0.5) is 4.39 Å². The highest BCUT2D eigenvalue weighted by atomic mass is 19.1. The molecule has 6 heteroatoms. The Kier molecular flexibility index (Phi) is 4.11. The van der Waals surface area contributed by atoms with Gasteiger partial charge in [-0.2, -0.15) is 5.10 Å². The Hall–Kier alpha value is -1.95. The van der Waals surface area contributed by atoms with E-state index in [9.17, 15) is 4.39 Å². The number of hydrogen-bond acceptors (Lipinski definition) is 4. The molecular formula is C13H17FN4O. The van der Waals surface area contributed by atoms with Gasteiger partial charge < -0.3 is 10.1 Å². The first kappa shape index (κ1) is 13.5. The predicted molar refractivity (Wildman–Crippen MR) is 69.2 cm³/mol. The molecule has 0 amide bonds. The number of nitrogens with zero attached hydrogens (tertiary/aromatic N) is 3. The summed E-state index contributed by atoms with van der Waals surface area (Å²) in [7, 11) is 3.63. The van der Waals surface area contributed by atoms with Crippen LogP contribution in [0.15, 0.2) is 24.5 Å². The van der Waals surface area contributed by atoms with Crippen LogP contribution in [0.25, 0.3) is 0 Å². The second-order valence-corrected chi connectivity index (χ2v) is 4.28. The van der Waals surface area contributed by atoms with Crippen molar-refractivity contribution in [2.75, 3.05) is 7.05 Å². The van der Waals surface area contributed by atoms with Crippen LogP contribution >= 0.6 is 0 Å². The van der Waals surface area contributed by atoms with Crippen molar-refractivity contribution in [3.63, 3.8) is 0 Å². The van der Waals surface area contributed by atoms with E-state index in [1.807, 2.05) is 14.0 Å². The normalized spacial score (nSPS) is 12.4. The molecule has 0 radical (unpaired) electrons. The van der Waals surface area contributed by atoms with Gasteiger partial charge in [-0.25, -0.2) is 9.37 Å². The van der Waals surface area contributed by atoms with Gasteiger partial charge >= 0.3 is 0 Å². The minimum absolute atomic E-state index is 0.0788. The van der Waals surface area contributed by atoms with Gasteiger partial charge in [-0.3, -0.25) is 4.68 Å². The molecule has 0 saturated heterocycles. The molecule has 1 N–H and O–H groups in total. The van der Waals surface area contributed by atoms with Crippen LogP contribution in [0.2, 0.25) is 0 Å². The number of ether oxygens (including phenoxy) is 1. The van der Waals surface area contributed by atoms with E-state index in [1.165, 1.54) is 18.5 Å². The van der Waals surface area contributed by atoms with Crippen molar-refractivity contribution in [2.24, 2.45) is 7.05 Å². The number of aromatic nitrogens is 3. The first-order valence-corrected chi connectivity index (χ1v) is 6.04. The summed E-state index contributed by atoms with van der Waals surface area (Å²) in [5.41, 5.74) is 0.908. The maximum absolute atomic E-state index is 13.3. The minimum atomic E-state index is -0.319. The molecule has 0 fully saturated rings. The second-order valence-electron chi connectivity index (χ2n) is 4.28. The molecule has 0 spiro atoms. The van der Waals surface area contributed by atoms with Crippen LogP contribution < -0.4 is 10.1 Å². The zero-order valence-corrected chi connectivity index (χ0v) is 11.2. The summed E-state index contributed by atoms with van der Waals surface area (Å²) in [5, 5.41) is 7.07. The molecule has 19 heavy (non-hydrogen) atoms. The molecule has 1 heterocycles. The summed E-state index contributed by atoms with van der Waals surface area (Å²) in [6.07, 6.45) is 1.46. The van der Waals surface area contributed by atoms with Crippen LogP contribution in [0.5, 0.6) is 5.75 Å². The zero-order valence-electron chi connectivity index (χ0n) is 11.2. The molecule has 2 aromatic rings. The number of rotatable bonds is 5. The van der Waals surface area contributed by atoms with Crippen molar-refractivity contribution in [3.8, 4) is 5.75 Å². The average Bonchev–Trinajstić information content (AvgIpc) is 2.81. The van der Waals surface area contributed by atoms with E-state index < -0.39 is 0 Å². The number of benzene rings is 1. The largest absolute Gasteiger partial charge is 0.485 e. The van der Waals surface area contributed by atoms with Crippen LogP contribution in [-0.2, 0) is 13.7 Å². The van der Waals surface area contributed by atoms with Gasteiger partial charge in [0.05, 0.1) is 0 Å². The van der Waals surface area contributed by atoms with Crippen LogP contribution in [-0.4, -0.2) is 21.8 Å². The standard InChI is InChI=1S/C13H17FN4O/c1-9(15-2)11-5-4-10(14)6-12(11)19-7-13-16-8-17-18(13)3/h4-6,8-9,15H,7H2,1-3H3. The third-order valence-electron chi connectivity index (χ3n) is 3.04. The first-order chi connectivity index (χ1) is 9.11. The molecule has 5 nitrogen and oxygen atoms in total. The summed E-state index contributed by atoms with van der Waals surface area (Å²) in [5.74, 6) is 0.886. The fourth-order valence-corrected chi connectivity index (χ4v) is 1.74. The van der Waals surface area contributed by atoms with Crippen molar-refractivity contribution >= 4 is 0 Å². The highest BCUT2D eigenvalue weighted by Gasteiger charge is 2.12. The van der Waals surface area contributed by atoms with Gasteiger partial charge in [-0.05, 0) is 20.0 Å². The smallest absolute Gasteiger partial charge is 0.164 e. The van der Waals surface area contributed by atoms with E-state index in [4.69, 9.17) is 4.74 Å². The van der Waals surface area contributed by atoms with Crippen LogP contribution in [0, 0.1) is 5.82 Å². The summed E-state index contributed by atoms with van der Waals surface area (Å²) in [4.78, 5) is 4.07. The lowest BCUT2D eigenvalue weighted by molar-refractivity contribution is 0.283. The van der Waals surface area contributed by atoms with Crippen molar-refractivity contribution in [1.29, 1.82) is 0 Å². The second kappa shape index (κ2) is 5.79. The summed E-state index contributed by atoms with van der Waals surface area (Å²) < 4.78 is 20.6. The topological polar surface area (TPSA) is 52.0 Å². The van der Waals surface area contributed by atoms with Gasteiger partial charge in [0.2, 0.25) is 0 Å². The molecule has 0 saturated carbocycles. The zero-order chi connectivity index (χ0) is 13.8. The van der Waals surface area contributed by atoms with E-state index in [0.29, 0.717) is 11.6 Å². The van der Waals surface area contributed by atoms with E-state index in [2.05, 4.69) is 15.4 Å². The quantitative estimate of drug-likeness (QED) is 0.895. The minimum Gasteiger partial charge on any atom is -0.485 e. The Morgan fingerprint density at radius 3 is 2.89 bits per heavy atom. The van der Waals surface area contributed by atoms with Gasteiger partial charge in [-0.1, -0.05) is 6.07 Å². The van der Waals surface area contributed by atoms with Crippen molar-refractivity contribution in [1.82, 2.24) is 20.1 Å². The average molecular weight is 264 g/mol. The number of nitrogens with one attached hydrogen (secondary N) is 1. The van der Waals surface area contributed by atoms with Crippen LogP contribution in [0.3, 0.4) is 0 Å². The SMILES string of the molecule is CNC(C)c1ccc(F)cc1OCc1ncnn1C. The molecule has 0 bridgehead atoms. The third kappa shape index (κ3) is 3.08. The van der Waals surface area contributed by atoms with E-state index in [1.54, 1.807) is 17.8 Å². The lowest BCUT2D eigenvalue weighted by Gasteiger charge is -2.16. The Balaban J connectivity index is 2.19. The number of aryl methyl sites for hydroxylation is 1. The molecule has 0 aliphatic carbocycles. The van der Waals surface area contributed by atoms with E-state index >= 15 is 0 Å². The van der Waals surface area contributed by atoms with Gasteiger partial charge in [-0.15, -0.1) is 0 Å². The highest BCUT2D eigenvalue weighted by Crippen LogP contribution is 2.26. The van der Waals surface area contributed by atoms with Crippen molar-refractivity contribution in [3.05, 3.63) is 41.7 Å². The monoisotopic (exact) mass is 264 g/mol. The Bertz CT molecular complexity index is 555. The molecule has 2 rings (SSSR count). The summed E-state index contributed by atoms with van der Waals surface area (Å²) in [6, 6.07) is 4.62. The number of hydrogen-bond donors (Lipinski definition) is 1. The summed E-state index contributed by atoms with van der Waals surface area (Å²) in [6.45, 7) is 2.24. The Labute approximate surface area is 111 Å². The third-order valence-corrected chi connectivity index (χ3v) is 3.04. The molecular weight excluding hydrogens is 247 g/mol. The van der Waals surface area contributed by atoms with Gasteiger partial charge in [0, 0.05) is 24.7 Å². The maximum Gasteiger partial charge on any atom is 0.164 e. The Morgan fingerprint density at radius 2 is 2.26 bits per heavy atom. The molecule has 1 atom stereocenters. The lowest BCUT2D eigenvalue weighted by Crippen LogP contribution is -2.14. The lowest BCUT2D eigenvalue weighted by atomic mass is 10.1. The fraction of sp³-hybridized carbons (Fsp3) is 0.385. The van der Waals surface area contributed by atoms with Gasteiger partial charge in [0.1, 0.15) is 24.5 Å². The molecule has 1 aromatic heterocycles. The maximum atomic E-state index is 13.3. The molecule has 1 aromatic carbocycles. The predicted octanol–water partition coefficient (Wildman–Crippen LogP) is 1.81. The van der Waals surface area contributed by atoms with E-state index in [-0.39, 0.29) is 18.5 Å². The van der Waals surface area contributed by atoms with Gasteiger partial charge in [0.15, 0.2) is 5.82 Å². The first-order valence-electron chi connectivity index (χ1n) is 6.04. The van der Waals surface area contributed by atoms with E-state index in [0.717, 1.165) is 5.56 Å². The Morgan fingerprint density at radius 1 is 1.47 bits per heavy atom. The molecule has 102 valence electrons. The van der Waals surface area contributed by atoms with Gasteiger partial charge in [0.25, 0.3) is 0 Å².